The Morgan fingerprint density at radius 1 is 1.33 bits per heavy atom. The highest BCUT2D eigenvalue weighted by atomic mass is 32.2. The maximum Gasteiger partial charge on any atom is 0.301 e. The zero-order valence-electron chi connectivity index (χ0n) is 14.2. The molecule has 2 atom stereocenters. The van der Waals surface area contributed by atoms with Crippen LogP contribution in [-0.4, -0.2) is 27.7 Å². The second-order valence-electron chi connectivity index (χ2n) is 6.83. The average molecular weight is 361 g/mol. The van der Waals surface area contributed by atoms with Crippen molar-refractivity contribution in [1.82, 2.24) is 0 Å². The third-order valence-electron chi connectivity index (χ3n) is 3.83. The van der Waals surface area contributed by atoms with E-state index in [4.69, 9.17) is 4.74 Å². The molecule has 1 aromatic carbocycles. The fourth-order valence-electron chi connectivity index (χ4n) is 2.42. The molecule has 1 aliphatic rings. The molecule has 7 heteroatoms. The van der Waals surface area contributed by atoms with Crippen molar-refractivity contribution in [3.8, 4) is 0 Å². The molecule has 0 saturated carbocycles. The van der Waals surface area contributed by atoms with Gasteiger partial charge in [-0.25, -0.2) is 4.39 Å². The van der Waals surface area contributed by atoms with Crippen LogP contribution < -0.4 is 0 Å². The summed E-state index contributed by atoms with van der Waals surface area (Å²) in [4.78, 5) is 0. The van der Waals surface area contributed by atoms with Gasteiger partial charge in [-0.05, 0) is 46.6 Å². The van der Waals surface area contributed by atoms with Crippen molar-refractivity contribution in [2.75, 3.05) is 6.61 Å². The molecular formula is C17H22F3NO2S. The van der Waals surface area contributed by atoms with E-state index in [1.54, 1.807) is 20.8 Å². The van der Waals surface area contributed by atoms with Gasteiger partial charge in [0.05, 0.1) is 11.3 Å². The van der Waals surface area contributed by atoms with E-state index in [0.29, 0.717) is 6.42 Å². The van der Waals surface area contributed by atoms with Crippen LogP contribution in [0.3, 0.4) is 0 Å². The minimum Gasteiger partial charge on any atom is -0.591 e. The topological polar surface area (TPSA) is 44.7 Å². The third kappa shape index (κ3) is 3.95. The molecule has 2 unspecified atom stereocenters. The van der Waals surface area contributed by atoms with E-state index in [9.17, 15) is 17.7 Å². The van der Waals surface area contributed by atoms with Crippen LogP contribution in [0.2, 0.25) is 0 Å². The highest BCUT2D eigenvalue weighted by molar-refractivity contribution is 7.91. The van der Waals surface area contributed by atoms with Crippen molar-refractivity contribution in [2.24, 2.45) is 4.40 Å². The molecule has 0 N–H and O–H groups in total. The fourth-order valence-corrected chi connectivity index (χ4v) is 3.04. The van der Waals surface area contributed by atoms with Crippen molar-refractivity contribution >= 4 is 17.1 Å². The number of hydrogen-bond donors (Lipinski definition) is 0. The van der Waals surface area contributed by atoms with Gasteiger partial charge in [0, 0.05) is 12.2 Å². The molecule has 0 spiro atoms. The van der Waals surface area contributed by atoms with Gasteiger partial charge in [0.2, 0.25) is 0 Å². The van der Waals surface area contributed by atoms with Gasteiger partial charge < -0.3 is 9.29 Å². The van der Waals surface area contributed by atoms with Crippen LogP contribution in [0.4, 0.5) is 13.2 Å². The molecule has 0 amide bonds. The number of rotatable bonds is 4. The van der Waals surface area contributed by atoms with Gasteiger partial charge in [-0.15, -0.1) is 0 Å². The van der Waals surface area contributed by atoms with Crippen molar-refractivity contribution in [2.45, 2.75) is 57.3 Å². The summed E-state index contributed by atoms with van der Waals surface area (Å²) in [5.41, 5.74) is -0.642. The molecule has 0 aliphatic carbocycles. The van der Waals surface area contributed by atoms with Crippen LogP contribution in [0.15, 0.2) is 22.6 Å². The zero-order chi connectivity index (χ0) is 18.1. The Bertz CT molecular complexity index is 623. The number of ether oxygens (including phenoxy) is 1. The van der Waals surface area contributed by atoms with Gasteiger partial charge in [-0.3, -0.25) is 0 Å². The molecule has 0 bridgehead atoms. The van der Waals surface area contributed by atoms with Gasteiger partial charge in [0.25, 0.3) is 0 Å². The maximum atomic E-state index is 14.7. The minimum atomic E-state index is -3.42. The van der Waals surface area contributed by atoms with Gasteiger partial charge in [0.1, 0.15) is 28.0 Å². The molecule has 1 aromatic rings. The quantitative estimate of drug-likeness (QED) is 0.590. The first-order valence-corrected chi connectivity index (χ1v) is 8.92. The summed E-state index contributed by atoms with van der Waals surface area (Å²) >= 11 is -1.60. The number of benzene rings is 1. The van der Waals surface area contributed by atoms with Crippen LogP contribution in [0.25, 0.3) is 0 Å². The molecule has 0 radical (unpaired) electrons. The van der Waals surface area contributed by atoms with E-state index < -0.39 is 39.5 Å². The Balaban J connectivity index is 2.39. The number of halogens is 3. The maximum absolute atomic E-state index is 14.7. The van der Waals surface area contributed by atoms with E-state index >= 15 is 0 Å². The molecule has 134 valence electrons. The van der Waals surface area contributed by atoms with Crippen LogP contribution >= 0.6 is 0 Å². The Morgan fingerprint density at radius 2 is 2.00 bits per heavy atom. The van der Waals surface area contributed by atoms with Crippen molar-refractivity contribution in [3.05, 3.63) is 35.1 Å². The van der Waals surface area contributed by atoms with E-state index in [1.807, 2.05) is 0 Å². The summed E-state index contributed by atoms with van der Waals surface area (Å²) in [6, 6.07) is 3.78. The first-order chi connectivity index (χ1) is 11.0. The molecule has 24 heavy (non-hydrogen) atoms. The molecule has 1 heterocycles. The molecule has 3 nitrogen and oxygen atoms in total. The lowest BCUT2D eigenvalue weighted by atomic mass is 9.97. The molecule has 1 aliphatic heterocycles. The first kappa shape index (κ1) is 19.3. The van der Waals surface area contributed by atoms with Gasteiger partial charge in [0.15, 0.2) is 0 Å². The van der Waals surface area contributed by atoms with Crippen LogP contribution in [0.5, 0.6) is 0 Å². The number of nitrogens with zero attached hydrogens (tertiary/aromatic N) is 1. The van der Waals surface area contributed by atoms with Gasteiger partial charge in [-0.1, -0.05) is 16.5 Å². The predicted molar refractivity (Wildman–Crippen MR) is 89.4 cm³/mol. The molecular weight excluding hydrogens is 339 g/mol. The van der Waals surface area contributed by atoms with Gasteiger partial charge in [-0.2, -0.15) is 8.78 Å². The smallest absolute Gasteiger partial charge is 0.301 e. The summed E-state index contributed by atoms with van der Waals surface area (Å²) in [7, 11) is 0. The highest BCUT2D eigenvalue weighted by Crippen LogP contribution is 2.40. The van der Waals surface area contributed by atoms with Crippen molar-refractivity contribution in [1.29, 1.82) is 0 Å². The normalized spacial score (nSPS) is 21.2. The standard InChI is InChI=1S/C17H22F3NO2S/c1-11(21-24(22)16(2,3)4)12-7-5-8-13(15(12)18)17(19,20)14-9-6-10-23-14/h5,7-8,14H,6,9-10H2,1-4H3/b21-11+. The highest BCUT2D eigenvalue weighted by Gasteiger charge is 2.46. The van der Waals surface area contributed by atoms with E-state index in [0.717, 1.165) is 6.07 Å². The lowest BCUT2D eigenvalue weighted by Crippen LogP contribution is -2.32. The summed E-state index contributed by atoms with van der Waals surface area (Å²) in [6.45, 7) is 6.93. The Morgan fingerprint density at radius 3 is 2.54 bits per heavy atom. The van der Waals surface area contributed by atoms with Gasteiger partial charge >= 0.3 is 5.92 Å². The summed E-state index contributed by atoms with van der Waals surface area (Å²) < 4.78 is 64.3. The van der Waals surface area contributed by atoms with E-state index in [-0.39, 0.29) is 24.3 Å². The minimum absolute atomic E-state index is 0.0669. The summed E-state index contributed by atoms with van der Waals surface area (Å²) in [5, 5.41) is 0. The zero-order valence-corrected chi connectivity index (χ0v) is 15.1. The monoisotopic (exact) mass is 361 g/mol. The lowest BCUT2D eigenvalue weighted by molar-refractivity contribution is -0.124. The van der Waals surface area contributed by atoms with E-state index in [1.165, 1.54) is 19.1 Å². The fraction of sp³-hybridized carbons (Fsp3) is 0.588. The molecule has 0 aromatic heterocycles. The number of hydrogen-bond acceptors (Lipinski definition) is 3. The lowest BCUT2D eigenvalue weighted by Gasteiger charge is -2.24. The molecule has 1 saturated heterocycles. The SMILES string of the molecule is C/C(=N\[S+]([O-])C(C)(C)C)c1cccc(C(F)(F)C2CCCO2)c1F. The van der Waals surface area contributed by atoms with Crippen LogP contribution in [0, 0.1) is 5.82 Å². The number of alkyl halides is 2. The van der Waals surface area contributed by atoms with E-state index in [2.05, 4.69) is 4.40 Å². The third-order valence-corrected chi connectivity index (χ3v) is 5.31. The van der Waals surface area contributed by atoms with Crippen molar-refractivity contribution in [3.63, 3.8) is 0 Å². The second kappa shape index (κ2) is 7.06. The Kier molecular flexibility index (Phi) is 5.67. The summed E-state index contributed by atoms with van der Waals surface area (Å²) in [5.74, 6) is -4.45. The molecule has 1 fully saturated rings. The van der Waals surface area contributed by atoms with Crippen LogP contribution in [-0.2, 0) is 22.0 Å². The Labute approximate surface area is 143 Å². The molecule has 2 rings (SSSR count). The Hall–Kier alpha value is -1.05. The predicted octanol–water partition coefficient (Wildman–Crippen LogP) is 4.37. The largest absolute Gasteiger partial charge is 0.591 e. The first-order valence-electron chi connectivity index (χ1n) is 7.81. The average Bonchev–Trinajstić information content (AvgIpc) is 3.01. The van der Waals surface area contributed by atoms with Crippen LogP contribution in [0.1, 0.15) is 51.7 Å². The van der Waals surface area contributed by atoms with Crippen molar-refractivity contribution < 1.29 is 22.5 Å². The summed E-state index contributed by atoms with van der Waals surface area (Å²) in [6.07, 6.45) is -0.590. The second-order valence-corrected chi connectivity index (χ2v) is 8.74.